The molecule has 3 rings (SSSR count). The highest BCUT2D eigenvalue weighted by molar-refractivity contribution is 9.10. The molecule has 3 aromatic rings. The van der Waals surface area contributed by atoms with E-state index in [4.69, 9.17) is 25.8 Å². The minimum absolute atomic E-state index is 0.459. The normalized spacial score (nSPS) is 10.5. The van der Waals surface area contributed by atoms with Gasteiger partial charge in [0.05, 0.1) is 19.2 Å². The first-order valence-corrected chi connectivity index (χ1v) is 10.3. The van der Waals surface area contributed by atoms with Gasteiger partial charge in [0.25, 0.3) is 0 Å². The highest BCUT2D eigenvalue weighted by atomic mass is 79.9. The highest BCUT2D eigenvalue weighted by Gasteiger charge is 2.15. The molecule has 152 valence electrons. The average molecular weight is 477 g/mol. The number of rotatable bonds is 8. The van der Waals surface area contributed by atoms with E-state index in [-0.39, 0.29) is 0 Å². The highest BCUT2D eigenvalue weighted by Crippen LogP contribution is 2.38. The second kappa shape index (κ2) is 9.90. The Labute approximate surface area is 184 Å². The molecule has 0 fully saturated rings. The Balaban J connectivity index is 1.83. The molecule has 0 atom stereocenters. The van der Waals surface area contributed by atoms with E-state index in [1.54, 1.807) is 14.2 Å². The van der Waals surface area contributed by atoms with E-state index in [0.717, 1.165) is 21.3 Å². The molecule has 0 saturated carbocycles. The fourth-order valence-corrected chi connectivity index (χ4v) is 3.66. The molecule has 0 aromatic heterocycles. The third-order valence-corrected chi connectivity index (χ3v) is 5.68. The van der Waals surface area contributed by atoms with E-state index in [1.165, 1.54) is 5.56 Å². The van der Waals surface area contributed by atoms with E-state index < -0.39 is 0 Å². The molecule has 0 aliphatic carbocycles. The van der Waals surface area contributed by atoms with Crippen molar-refractivity contribution < 1.29 is 14.2 Å². The average Bonchev–Trinajstić information content (AvgIpc) is 2.72. The van der Waals surface area contributed by atoms with E-state index >= 15 is 0 Å². The van der Waals surface area contributed by atoms with E-state index in [1.807, 2.05) is 42.5 Å². The summed E-state index contributed by atoms with van der Waals surface area (Å²) in [4.78, 5) is 0. The Kier molecular flexibility index (Phi) is 7.29. The van der Waals surface area contributed by atoms with Gasteiger partial charge in [-0.2, -0.15) is 0 Å². The second-order valence-corrected chi connectivity index (χ2v) is 7.74. The molecule has 0 bridgehead atoms. The van der Waals surface area contributed by atoms with Crippen molar-refractivity contribution in [3.8, 4) is 17.2 Å². The van der Waals surface area contributed by atoms with Crippen molar-refractivity contribution in [2.75, 3.05) is 19.5 Å². The largest absolute Gasteiger partial charge is 0.495 e. The van der Waals surface area contributed by atoms with Crippen molar-refractivity contribution in [1.29, 1.82) is 0 Å². The van der Waals surface area contributed by atoms with Gasteiger partial charge in [0.15, 0.2) is 11.5 Å². The summed E-state index contributed by atoms with van der Waals surface area (Å²) < 4.78 is 17.9. The van der Waals surface area contributed by atoms with Crippen LogP contribution in [0.1, 0.15) is 16.7 Å². The molecule has 0 heterocycles. The van der Waals surface area contributed by atoms with Crippen molar-refractivity contribution in [1.82, 2.24) is 0 Å². The van der Waals surface area contributed by atoms with Gasteiger partial charge in [0, 0.05) is 22.3 Å². The summed E-state index contributed by atoms with van der Waals surface area (Å²) in [5.41, 5.74) is 4.17. The van der Waals surface area contributed by atoms with Crippen molar-refractivity contribution in [3.63, 3.8) is 0 Å². The van der Waals surface area contributed by atoms with E-state index in [9.17, 15) is 0 Å². The molecule has 0 aliphatic rings. The van der Waals surface area contributed by atoms with Crippen LogP contribution in [0.15, 0.2) is 59.1 Å². The Hall–Kier alpha value is -2.37. The molecule has 1 N–H and O–H groups in total. The molecule has 0 amide bonds. The summed E-state index contributed by atoms with van der Waals surface area (Å²) in [6, 6.07) is 17.6. The molecular formula is C23H23BrClNO3. The smallest absolute Gasteiger partial charge is 0.167 e. The number of ether oxygens (including phenoxy) is 3. The Morgan fingerprint density at radius 3 is 2.38 bits per heavy atom. The zero-order valence-corrected chi connectivity index (χ0v) is 18.9. The van der Waals surface area contributed by atoms with Gasteiger partial charge in [0.1, 0.15) is 12.4 Å². The lowest BCUT2D eigenvalue weighted by atomic mass is 10.1. The maximum atomic E-state index is 6.23. The first kappa shape index (κ1) is 21.3. The third kappa shape index (κ3) is 5.17. The van der Waals surface area contributed by atoms with E-state index in [0.29, 0.717) is 35.4 Å². The monoisotopic (exact) mass is 475 g/mol. The number of hydrogen-bond acceptors (Lipinski definition) is 4. The Morgan fingerprint density at radius 1 is 0.966 bits per heavy atom. The topological polar surface area (TPSA) is 39.7 Å². The number of benzene rings is 3. The molecule has 6 heteroatoms. The van der Waals surface area contributed by atoms with Gasteiger partial charge < -0.3 is 19.5 Å². The molecule has 0 aliphatic heterocycles. The Bertz CT molecular complexity index is 994. The van der Waals surface area contributed by atoms with Crippen LogP contribution in [-0.2, 0) is 13.2 Å². The molecule has 0 spiro atoms. The van der Waals surface area contributed by atoms with Crippen LogP contribution < -0.4 is 19.5 Å². The van der Waals surface area contributed by atoms with Crippen LogP contribution in [0.2, 0.25) is 5.02 Å². The zero-order chi connectivity index (χ0) is 20.8. The number of methoxy groups -OCH3 is 2. The molecule has 4 nitrogen and oxygen atoms in total. The van der Waals surface area contributed by atoms with Crippen LogP contribution in [-0.4, -0.2) is 14.2 Å². The standard InChI is InChI=1S/C23H23BrClNO3/c1-15-6-4-5-7-16(15)14-29-23-18(19(24)9-11-22(23)28-3)13-26-17-8-10-21(27-2)20(25)12-17/h4-12,26H,13-14H2,1-3H3. The lowest BCUT2D eigenvalue weighted by molar-refractivity contribution is 0.281. The quantitative estimate of drug-likeness (QED) is 0.396. The number of anilines is 1. The van der Waals surface area contributed by atoms with Crippen molar-refractivity contribution in [2.45, 2.75) is 20.1 Å². The predicted molar refractivity (Wildman–Crippen MR) is 122 cm³/mol. The van der Waals surface area contributed by atoms with Crippen molar-refractivity contribution in [3.05, 3.63) is 80.8 Å². The lowest BCUT2D eigenvalue weighted by Gasteiger charge is -2.18. The van der Waals surface area contributed by atoms with E-state index in [2.05, 4.69) is 40.3 Å². The Morgan fingerprint density at radius 2 is 1.69 bits per heavy atom. The zero-order valence-electron chi connectivity index (χ0n) is 16.6. The molecular weight excluding hydrogens is 454 g/mol. The summed E-state index contributed by atoms with van der Waals surface area (Å²) >= 11 is 9.88. The van der Waals surface area contributed by atoms with Crippen molar-refractivity contribution in [2.24, 2.45) is 0 Å². The maximum absolute atomic E-state index is 6.23. The summed E-state index contributed by atoms with van der Waals surface area (Å²) in [7, 11) is 3.24. The van der Waals surface area contributed by atoms with Gasteiger partial charge in [0.2, 0.25) is 0 Å². The minimum atomic E-state index is 0.459. The van der Waals surface area contributed by atoms with Gasteiger partial charge in [-0.25, -0.2) is 0 Å². The van der Waals surface area contributed by atoms with Crippen LogP contribution in [0, 0.1) is 6.92 Å². The van der Waals surface area contributed by atoms with Crippen LogP contribution in [0.25, 0.3) is 0 Å². The minimum Gasteiger partial charge on any atom is -0.495 e. The van der Waals surface area contributed by atoms with Crippen LogP contribution in [0.5, 0.6) is 17.2 Å². The summed E-state index contributed by atoms with van der Waals surface area (Å²) in [6.07, 6.45) is 0. The molecule has 0 saturated heterocycles. The summed E-state index contributed by atoms with van der Waals surface area (Å²) in [5.74, 6) is 2.03. The molecule has 0 radical (unpaired) electrons. The van der Waals surface area contributed by atoms with Gasteiger partial charge in [-0.05, 0) is 48.4 Å². The molecule has 3 aromatic carbocycles. The van der Waals surface area contributed by atoms with Gasteiger partial charge in [-0.1, -0.05) is 51.8 Å². The summed E-state index contributed by atoms with van der Waals surface area (Å²) in [5, 5.41) is 3.94. The number of aryl methyl sites for hydroxylation is 1. The van der Waals surface area contributed by atoms with Crippen LogP contribution >= 0.6 is 27.5 Å². The van der Waals surface area contributed by atoms with Gasteiger partial charge in [-0.15, -0.1) is 0 Å². The van der Waals surface area contributed by atoms with Crippen LogP contribution in [0.3, 0.4) is 0 Å². The first-order valence-electron chi connectivity index (χ1n) is 9.13. The second-order valence-electron chi connectivity index (χ2n) is 6.48. The number of hydrogen-bond donors (Lipinski definition) is 1. The van der Waals surface area contributed by atoms with Gasteiger partial charge >= 0.3 is 0 Å². The number of nitrogens with one attached hydrogen (secondary N) is 1. The lowest BCUT2D eigenvalue weighted by Crippen LogP contribution is -2.07. The van der Waals surface area contributed by atoms with Gasteiger partial charge in [-0.3, -0.25) is 0 Å². The number of halogens is 2. The fraction of sp³-hybridized carbons (Fsp3) is 0.217. The molecule has 0 unspecified atom stereocenters. The van der Waals surface area contributed by atoms with Crippen LogP contribution in [0.4, 0.5) is 5.69 Å². The summed E-state index contributed by atoms with van der Waals surface area (Å²) in [6.45, 7) is 3.07. The molecule has 29 heavy (non-hydrogen) atoms. The first-order chi connectivity index (χ1) is 14.0. The maximum Gasteiger partial charge on any atom is 0.167 e. The fourth-order valence-electron chi connectivity index (χ4n) is 2.95. The third-order valence-electron chi connectivity index (χ3n) is 4.64. The predicted octanol–water partition coefficient (Wildman–Crippen LogP) is 6.62. The SMILES string of the molecule is COc1ccc(NCc2c(Br)ccc(OC)c2OCc2ccccc2C)cc1Cl. The van der Waals surface area contributed by atoms with Crippen molar-refractivity contribution >= 4 is 33.2 Å².